The number of nitrogens with one attached hydrogen (secondary N) is 1. The number of hydrogen-bond donors (Lipinski definition) is 1. The fourth-order valence-electron chi connectivity index (χ4n) is 2.71. The Balaban J connectivity index is 1.80. The maximum atomic E-state index is 12.0. The van der Waals surface area contributed by atoms with Gasteiger partial charge < -0.3 is 5.32 Å². The second-order valence-corrected chi connectivity index (χ2v) is 5.42. The van der Waals surface area contributed by atoms with Gasteiger partial charge in [0, 0.05) is 12.5 Å². The van der Waals surface area contributed by atoms with Crippen LogP contribution >= 0.6 is 0 Å². The lowest BCUT2D eigenvalue weighted by Gasteiger charge is -2.23. The monoisotopic (exact) mass is 245 g/mol. The lowest BCUT2D eigenvalue weighted by molar-refractivity contribution is -0.122. The van der Waals surface area contributed by atoms with E-state index >= 15 is 0 Å². The Morgan fingerprint density at radius 2 is 1.89 bits per heavy atom. The highest BCUT2D eigenvalue weighted by atomic mass is 16.1. The third-order valence-corrected chi connectivity index (χ3v) is 3.83. The lowest BCUT2D eigenvalue weighted by atomic mass is 9.94. The van der Waals surface area contributed by atoms with Gasteiger partial charge in [-0.1, -0.05) is 56.5 Å². The summed E-state index contributed by atoms with van der Waals surface area (Å²) in [6.07, 6.45) is 6.77. The van der Waals surface area contributed by atoms with Crippen LogP contribution in [0.4, 0.5) is 0 Å². The zero-order valence-corrected chi connectivity index (χ0v) is 11.2. The van der Waals surface area contributed by atoms with E-state index in [1.165, 1.54) is 24.8 Å². The minimum absolute atomic E-state index is 0.207. The van der Waals surface area contributed by atoms with E-state index in [0.29, 0.717) is 18.4 Å². The molecule has 1 amide bonds. The molecule has 0 heterocycles. The summed E-state index contributed by atoms with van der Waals surface area (Å²) in [7, 11) is 0. The molecule has 0 bridgehead atoms. The van der Waals surface area contributed by atoms with Gasteiger partial charge in [0.2, 0.25) is 5.91 Å². The summed E-state index contributed by atoms with van der Waals surface area (Å²) in [6.45, 7) is 2.12. The highest BCUT2D eigenvalue weighted by Gasteiger charge is 2.17. The summed E-state index contributed by atoms with van der Waals surface area (Å²) in [5, 5.41) is 3.18. The molecule has 1 saturated carbocycles. The molecule has 1 N–H and O–H groups in total. The van der Waals surface area contributed by atoms with Crippen molar-refractivity contribution in [3.05, 3.63) is 35.9 Å². The van der Waals surface area contributed by atoms with E-state index in [4.69, 9.17) is 0 Å². The smallest absolute Gasteiger partial charge is 0.220 e. The Kier molecular flexibility index (Phi) is 4.80. The van der Waals surface area contributed by atoms with Gasteiger partial charge in [-0.05, 0) is 24.3 Å². The molecular weight excluding hydrogens is 222 g/mol. The predicted octanol–water partition coefficient (Wildman–Crippen LogP) is 3.63. The SMILES string of the molecule is C[C@H](CC(=O)NC1CCCCC1)c1ccccc1. The van der Waals surface area contributed by atoms with E-state index < -0.39 is 0 Å². The molecule has 18 heavy (non-hydrogen) atoms. The number of benzene rings is 1. The molecule has 0 saturated heterocycles. The van der Waals surface area contributed by atoms with Crippen molar-refractivity contribution in [1.29, 1.82) is 0 Å². The normalized spacial score (nSPS) is 18.3. The maximum absolute atomic E-state index is 12.0. The summed E-state index contributed by atoms with van der Waals surface area (Å²) in [6, 6.07) is 10.7. The fourth-order valence-corrected chi connectivity index (χ4v) is 2.71. The van der Waals surface area contributed by atoms with E-state index in [1.807, 2.05) is 18.2 Å². The highest BCUT2D eigenvalue weighted by Crippen LogP contribution is 2.20. The number of carbonyl (C=O) groups excluding carboxylic acids is 1. The zero-order chi connectivity index (χ0) is 12.8. The van der Waals surface area contributed by atoms with Gasteiger partial charge in [0.15, 0.2) is 0 Å². The van der Waals surface area contributed by atoms with Gasteiger partial charge in [-0.25, -0.2) is 0 Å². The van der Waals surface area contributed by atoms with E-state index in [1.54, 1.807) is 0 Å². The molecule has 0 spiro atoms. The molecule has 1 aromatic rings. The van der Waals surface area contributed by atoms with Gasteiger partial charge in [0.1, 0.15) is 0 Å². The summed E-state index contributed by atoms with van der Waals surface area (Å²) in [4.78, 5) is 12.0. The van der Waals surface area contributed by atoms with E-state index in [0.717, 1.165) is 12.8 Å². The minimum Gasteiger partial charge on any atom is -0.353 e. The number of amides is 1. The Labute approximate surface area is 110 Å². The Hall–Kier alpha value is -1.31. The van der Waals surface area contributed by atoms with Crippen LogP contribution in [0.5, 0.6) is 0 Å². The molecule has 1 fully saturated rings. The summed E-state index contributed by atoms with van der Waals surface area (Å²) in [5.74, 6) is 0.507. The van der Waals surface area contributed by atoms with Crippen LogP contribution in [-0.4, -0.2) is 11.9 Å². The van der Waals surface area contributed by atoms with Crippen LogP contribution in [0.25, 0.3) is 0 Å². The average Bonchev–Trinajstić information content (AvgIpc) is 2.40. The second kappa shape index (κ2) is 6.58. The van der Waals surface area contributed by atoms with Crippen molar-refractivity contribution >= 4 is 5.91 Å². The molecule has 0 aromatic heterocycles. The molecule has 0 radical (unpaired) electrons. The van der Waals surface area contributed by atoms with E-state index in [9.17, 15) is 4.79 Å². The minimum atomic E-state index is 0.207. The third-order valence-electron chi connectivity index (χ3n) is 3.83. The first-order valence-corrected chi connectivity index (χ1v) is 7.10. The van der Waals surface area contributed by atoms with Crippen LogP contribution in [0, 0.1) is 0 Å². The molecule has 0 unspecified atom stereocenters. The summed E-state index contributed by atoms with van der Waals surface area (Å²) < 4.78 is 0. The van der Waals surface area contributed by atoms with Crippen LogP contribution < -0.4 is 5.32 Å². The first-order valence-electron chi connectivity index (χ1n) is 7.10. The first-order chi connectivity index (χ1) is 8.75. The molecule has 1 atom stereocenters. The molecule has 2 heteroatoms. The van der Waals surface area contributed by atoms with Crippen LogP contribution in [0.1, 0.15) is 56.9 Å². The van der Waals surface area contributed by atoms with Crippen molar-refractivity contribution in [2.24, 2.45) is 0 Å². The summed E-state index contributed by atoms with van der Waals surface area (Å²) in [5.41, 5.74) is 1.25. The Morgan fingerprint density at radius 1 is 1.22 bits per heavy atom. The molecule has 0 aliphatic heterocycles. The van der Waals surface area contributed by atoms with Crippen LogP contribution in [0.15, 0.2) is 30.3 Å². The molecule has 2 nitrogen and oxygen atoms in total. The van der Waals surface area contributed by atoms with E-state index in [2.05, 4.69) is 24.4 Å². The van der Waals surface area contributed by atoms with Gasteiger partial charge in [-0.2, -0.15) is 0 Å². The van der Waals surface area contributed by atoms with Gasteiger partial charge in [-0.3, -0.25) is 4.79 Å². The van der Waals surface area contributed by atoms with Crippen LogP contribution in [0.2, 0.25) is 0 Å². The molecule has 98 valence electrons. The second-order valence-electron chi connectivity index (χ2n) is 5.42. The molecule has 2 rings (SSSR count). The summed E-state index contributed by atoms with van der Waals surface area (Å²) >= 11 is 0. The van der Waals surface area contributed by atoms with E-state index in [-0.39, 0.29) is 5.91 Å². The average molecular weight is 245 g/mol. The largest absolute Gasteiger partial charge is 0.353 e. The van der Waals surface area contributed by atoms with Crippen molar-refractivity contribution in [1.82, 2.24) is 5.32 Å². The topological polar surface area (TPSA) is 29.1 Å². The van der Waals surface area contributed by atoms with Crippen molar-refractivity contribution in [3.63, 3.8) is 0 Å². The van der Waals surface area contributed by atoms with Gasteiger partial charge >= 0.3 is 0 Å². The van der Waals surface area contributed by atoms with Crippen molar-refractivity contribution < 1.29 is 4.79 Å². The molecule has 1 aromatic carbocycles. The number of carbonyl (C=O) groups is 1. The molecule has 1 aliphatic carbocycles. The predicted molar refractivity (Wildman–Crippen MR) is 74.5 cm³/mol. The number of rotatable bonds is 4. The van der Waals surface area contributed by atoms with Crippen molar-refractivity contribution in [2.75, 3.05) is 0 Å². The van der Waals surface area contributed by atoms with Crippen LogP contribution in [0.3, 0.4) is 0 Å². The van der Waals surface area contributed by atoms with Gasteiger partial charge in [-0.15, -0.1) is 0 Å². The highest BCUT2D eigenvalue weighted by molar-refractivity contribution is 5.77. The zero-order valence-electron chi connectivity index (χ0n) is 11.2. The van der Waals surface area contributed by atoms with Gasteiger partial charge in [0.05, 0.1) is 0 Å². The molecular formula is C16H23NO. The lowest BCUT2D eigenvalue weighted by Crippen LogP contribution is -2.36. The maximum Gasteiger partial charge on any atom is 0.220 e. The molecule has 1 aliphatic rings. The Morgan fingerprint density at radius 3 is 2.56 bits per heavy atom. The van der Waals surface area contributed by atoms with Crippen molar-refractivity contribution in [2.45, 2.75) is 57.4 Å². The standard InChI is InChI=1S/C16H23NO/c1-13(14-8-4-2-5-9-14)12-16(18)17-15-10-6-3-7-11-15/h2,4-5,8-9,13,15H,3,6-7,10-12H2,1H3,(H,17,18)/t13-/m1/s1. The Bertz CT molecular complexity index is 368. The number of hydrogen-bond acceptors (Lipinski definition) is 1. The first kappa shape index (κ1) is 13.1. The van der Waals surface area contributed by atoms with Crippen LogP contribution in [-0.2, 0) is 4.79 Å². The van der Waals surface area contributed by atoms with Gasteiger partial charge in [0.25, 0.3) is 0 Å². The van der Waals surface area contributed by atoms with Crippen molar-refractivity contribution in [3.8, 4) is 0 Å². The quantitative estimate of drug-likeness (QED) is 0.862. The fraction of sp³-hybridized carbons (Fsp3) is 0.562. The third kappa shape index (κ3) is 3.86.